The highest BCUT2D eigenvalue weighted by molar-refractivity contribution is 9.12. The third-order valence-corrected chi connectivity index (χ3v) is 6.20. The van der Waals surface area contributed by atoms with E-state index in [1.165, 1.54) is 22.2 Å². The largest absolute Gasteiger partial charge is 0.376 e. The number of ether oxygens (including phenoxy) is 1. The van der Waals surface area contributed by atoms with Gasteiger partial charge >= 0.3 is 0 Å². The molecule has 4 heteroatoms. The summed E-state index contributed by atoms with van der Waals surface area (Å²) < 4.78 is 8.21. The molecule has 0 amide bonds. The summed E-state index contributed by atoms with van der Waals surface area (Å²) in [6, 6.07) is 2.13. The molecule has 0 aliphatic heterocycles. The highest BCUT2D eigenvalue weighted by atomic mass is 79.9. The van der Waals surface area contributed by atoms with E-state index in [0.29, 0.717) is 0 Å². The lowest BCUT2D eigenvalue weighted by Gasteiger charge is -2.17. The Morgan fingerprint density at radius 1 is 1.29 bits per heavy atom. The van der Waals surface area contributed by atoms with E-state index in [1.807, 2.05) is 0 Å². The van der Waals surface area contributed by atoms with Gasteiger partial charge in [-0.15, -0.1) is 11.3 Å². The summed E-state index contributed by atoms with van der Waals surface area (Å²) in [5.74, 6) is 2.39. The fourth-order valence-corrected chi connectivity index (χ4v) is 5.67. The monoisotopic (exact) mass is 376 g/mol. The number of hydrogen-bond acceptors (Lipinski definition) is 2. The smallest absolute Gasteiger partial charge is 0.0765 e. The Labute approximate surface area is 123 Å². The number of fused-ring (bicyclic) bond motifs is 2. The third-order valence-electron chi connectivity index (χ3n) is 3.73. The van der Waals surface area contributed by atoms with Crippen LogP contribution in [0, 0.1) is 17.8 Å². The SMILES string of the molecule is Brc1cc(COCC2CC3C=CC2C3)c(Br)s1. The Bertz CT molecular complexity index is 441. The minimum Gasteiger partial charge on any atom is -0.376 e. The van der Waals surface area contributed by atoms with Crippen LogP contribution in [0.1, 0.15) is 18.4 Å². The molecule has 1 heterocycles. The molecule has 2 aliphatic carbocycles. The van der Waals surface area contributed by atoms with Crippen LogP contribution in [0.2, 0.25) is 0 Å². The fraction of sp³-hybridized carbons (Fsp3) is 0.538. The van der Waals surface area contributed by atoms with Crippen LogP contribution in [0.5, 0.6) is 0 Å². The molecule has 1 nitrogen and oxygen atoms in total. The Kier molecular flexibility index (Phi) is 3.76. The molecule has 17 heavy (non-hydrogen) atoms. The van der Waals surface area contributed by atoms with Gasteiger partial charge in [0.2, 0.25) is 0 Å². The molecule has 1 aromatic heterocycles. The number of halogens is 2. The molecule has 3 atom stereocenters. The van der Waals surface area contributed by atoms with Gasteiger partial charge in [0.15, 0.2) is 0 Å². The number of hydrogen-bond donors (Lipinski definition) is 0. The van der Waals surface area contributed by atoms with Crippen molar-refractivity contribution in [2.45, 2.75) is 19.4 Å². The molecule has 0 aromatic carbocycles. The van der Waals surface area contributed by atoms with E-state index in [2.05, 4.69) is 50.1 Å². The Morgan fingerprint density at radius 2 is 2.18 bits per heavy atom. The zero-order valence-electron chi connectivity index (χ0n) is 9.36. The van der Waals surface area contributed by atoms with Crippen LogP contribution in [0.15, 0.2) is 25.8 Å². The van der Waals surface area contributed by atoms with Gasteiger partial charge in [-0.25, -0.2) is 0 Å². The van der Waals surface area contributed by atoms with Crippen molar-refractivity contribution in [3.05, 3.63) is 31.4 Å². The fourth-order valence-electron chi connectivity index (χ4n) is 2.88. The summed E-state index contributed by atoms with van der Waals surface area (Å²) in [6.07, 6.45) is 7.46. The number of thiophene rings is 1. The molecule has 1 fully saturated rings. The van der Waals surface area contributed by atoms with Crippen LogP contribution in [-0.2, 0) is 11.3 Å². The first-order valence-electron chi connectivity index (χ1n) is 5.92. The van der Waals surface area contributed by atoms with Gasteiger partial charge in [0.25, 0.3) is 0 Å². The normalized spacial score (nSPS) is 30.4. The van der Waals surface area contributed by atoms with Crippen LogP contribution in [0.25, 0.3) is 0 Å². The molecule has 2 bridgehead atoms. The van der Waals surface area contributed by atoms with Crippen molar-refractivity contribution >= 4 is 43.2 Å². The first-order chi connectivity index (χ1) is 8.22. The lowest BCUT2D eigenvalue weighted by Crippen LogP contribution is -2.14. The predicted octanol–water partition coefficient (Wildman–Crippen LogP) is 5.00. The van der Waals surface area contributed by atoms with Gasteiger partial charge in [-0.3, -0.25) is 0 Å². The number of allylic oxidation sites excluding steroid dienone is 2. The second kappa shape index (κ2) is 5.16. The quantitative estimate of drug-likeness (QED) is 0.670. The predicted molar refractivity (Wildman–Crippen MR) is 78.2 cm³/mol. The van der Waals surface area contributed by atoms with Crippen LogP contribution >= 0.6 is 43.2 Å². The van der Waals surface area contributed by atoms with Crippen LogP contribution in [0.3, 0.4) is 0 Å². The molecule has 3 unspecified atom stereocenters. The molecule has 1 aromatic rings. The number of rotatable bonds is 4. The van der Waals surface area contributed by atoms with Gasteiger partial charge < -0.3 is 4.74 Å². The first kappa shape index (κ1) is 12.4. The van der Waals surface area contributed by atoms with Crippen molar-refractivity contribution in [2.75, 3.05) is 6.61 Å². The highest BCUT2D eigenvalue weighted by Gasteiger charge is 2.35. The standard InChI is InChI=1S/C13H14Br2OS/c14-12-5-11(13(15)17-12)7-16-6-10-4-8-1-2-9(10)3-8/h1-2,5,8-10H,3-4,6-7H2. The lowest BCUT2D eigenvalue weighted by atomic mass is 9.95. The van der Waals surface area contributed by atoms with E-state index in [4.69, 9.17) is 4.74 Å². The van der Waals surface area contributed by atoms with Gasteiger partial charge in [0.1, 0.15) is 0 Å². The van der Waals surface area contributed by atoms with Crippen molar-refractivity contribution in [3.8, 4) is 0 Å². The van der Waals surface area contributed by atoms with Gasteiger partial charge in [0, 0.05) is 5.56 Å². The lowest BCUT2D eigenvalue weighted by molar-refractivity contribution is 0.0787. The Hall–Kier alpha value is 0.360. The summed E-state index contributed by atoms with van der Waals surface area (Å²) in [5.41, 5.74) is 1.25. The van der Waals surface area contributed by atoms with Crippen molar-refractivity contribution in [1.29, 1.82) is 0 Å². The Balaban J connectivity index is 1.49. The molecular weight excluding hydrogens is 364 g/mol. The van der Waals surface area contributed by atoms with Gasteiger partial charge in [-0.2, -0.15) is 0 Å². The zero-order chi connectivity index (χ0) is 11.8. The van der Waals surface area contributed by atoms with E-state index >= 15 is 0 Å². The van der Waals surface area contributed by atoms with Gasteiger partial charge in [0.05, 0.1) is 20.8 Å². The van der Waals surface area contributed by atoms with E-state index < -0.39 is 0 Å². The maximum absolute atomic E-state index is 5.87. The average molecular weight is 378 g/mol. The molecule has 1 saturated carbocycles. The molecule has 2 aliphatic rings. The topological polar surface area (TPSA) is 9.23 Å². The van der Waals surface area contributed by atoms with Gasteiger partial charge in [-0.05, 0) is 68.5 Å². The second-order valence-corrected chi connectivity index (χ2v) is 8.65. The molecular formula is C13H14Br2OS. The van der Waals surface area contributed by atoms with Crippen LogP contribution < -0.4 is 0 Å². The van der Waals surface area contributed by atoms with Crippen molar-refractivity contribution in [1.82, 2.24) is 0 Å². The van der Waals surface area contributed by atoms with Crippen molar-refractivity contribution in [3.63, 3.8) is 0 Å². The molecule has 0 saturated heterocycles. The van der Waals surface area contributed by atoms with Crippen LogP contribution in [0.4, 0.5) is 0 Å². The van der Waals surface area contributed by atoms with E-state index in [1.54, 1.807) is 11.3 Å². The van der Waals surface area contributed by atoms with Crippen molar-refractivity contribution in [2.24, 2.45) is 17.8 Å². The minimum absolute atomic E-state index is 0.723. The minimum atomic E-state index is 0.723. The van der Waals surface area contributed by atoms with Gasteiger partial charge in [-0.1, -0.05) is 12.2 Å². The maximum atomic E-state index is 5.87. The van der Waals surface area contributed by atoms with E-state index in [-0.39, 0.29) is 0 Å². The van der Waals surface area contributed by atoms with Crippen molar-refractivity contribution < 1.29 is 4.74 Å². The average Bonchev–Trinajstić information content (AvgIpc) is 2.95. The summed E-state index contributed by atoms with van der Waals surface area (Å²) >= 11 is 8.76. The Morgan fingerprint density at radius 3 is 2.76 bits per heavy atom. The molecule has 0 N–H and O–H groups in total. The maximum Gasteiger partial charge on any atom is 0.0765 e. The van der Waals surface area contributed by atoms with E-state index in [0.717, 1.165) is 34.8 Å². The first-order valence-corrected chi connectivity index (χ1v) is 8.32. The summed E-state index contributed by atoms with van der Waals surface area (Å²) in [7, 11) is 0. The van der Waals surface area contributed by atoms with E-state index in [9.17, 15) is 0 Å². The summed E-state index contributed by atoms with van der Waals surface area (Å²) in [6.45, 7) is 1.63. The third kappa shape index (κ3) is 2.70. The summed E-state index contributed by atoms with van der Waals surface area (Å²) in [4.78, 5) is 0. The molecule has 0 radical (unpaired) electrons. The highest BCUT2D eigenvalue weighted by Crippen LogP contribution is 2.43. The molecule has 0 spiro atoms. The molecule has 92 valence electrons. The van der Waals surface area contributed by atoms with Crippen LogP contribution in [-0.4, -0.2) is 6.61 Å². The second-order valence-electron chi connectivity index (χ2n) is 4.90. The summed E-state index contributed by atoms with van der Waals surface area (Å²) in [5, 5.41) is 0. The molecule has 3 rings (SSSR count). The zero-order valence-corrected chi connectivity index (χ0v) is 13.4.